The zero-order chi connectivity index (χ0) is 24.2. The van der Waals surface area contributed by atoms with Crippen LogP contribution in [0.4, 0.5) is 4.79 Å². The summed E-state index contributed by atoms with van der Waals surface area (Å²) in [6.07, 6.45) is 5.14. The van der Waals surface area contributed by atoms with Gasteiger partial charge >= 0.3 is 0 Å². The number of imide groups is 1. The molecule has 1 fully saturated rings. The lowest BCUT2D eigenvalue weighted by molar-refractivity contribution is -0.123. The van der Waals surface area contributed by atoms with E-state index in [1.54, 1.807) is 37.7 Å². The number of amides is 2. The molecule has 0 saturated carbocycles. The highest BCUT2D eigenvalue weighted by molar-refractivity contribution is 8.18. The highest BCUT2D eigenvalue weighted by Crippen LogP contribution is 2.35. The van der Waals surface area contributed by atoms with Crippen LogP contribution in [0.2, 0.25) is 0 Å². The lowest BCUT2D eigenvalue weighted by Crippen LogP contribution is -2.27. The molecule has 0 radical (unpaired) electrons. The lowest BCUT2D eigenvalue weighted by Gasteiger charge is -2.13. The van der Waals surface area contributed by atoms with Crippen molar-refractivity contribution in [2.75, 3.05) is 7.11 Å². The number of thioether (sulfide) groups is 1. The van der Waals surface area contributed by atoms with Gasteiger partial charge in [-0.05, 0) is 75.6 Å². The third-order valence-corrected chi connectivity index (χ3v) is 6.56. The number of fused-ring (bicyclic) bond motifs is 1. The standard InChI is InChI=1S/C28H22N2O4S/c1-33-25-15-20(7-9-24(25)34-18-19-10-12-29-13-11-19)16-26-27(31)30(28(32)35-26)17-21-6-8-22-4-2-3-5-23(22)14-21/h2-16H,17-18H2,1H3. The monoisotopic (exact) mass is 482 g/mol. The van der Waals surface area contributed by atoms with Crippen LogP contribution < -0.4 is 9.47 Å². The van der Waals surface area contributed by atoms with E-state index in [0.717, 1.165) is 39.2 Å². The SMILES string of the molecule is COc1cc(C=C2SC(=O)N(Cc3ccc4ccccc4c3)C2=O)ccc1OCc1ccncc1. The molecule has 3 aromatic carbocycles. The van der Waals surface area contributed by atoms with Crippen molar-refractivity contribution >= 4 is 39.8 Å². The molecule has 35 heavy (non-hydrogen) atoms. The molecule has 2 amide bonds. The molecule has 1 aliphatic heterocycles. The van der Waals surface area contributed by atoms with Crippen LogP contribution in [0.5, 0.6) is 11.5 Å². The molecule has 0 bridgehead atoms. The van der Waals surface area contributed by atoms with Crippen molar-refractivity contribution in [3.63, 3.8) is 0 Å². The molecule has 5 rings (SSSR count). The van der Waals surface area contributed by atoms with Gasteiger partial charge in [-0.15, -0.1) is 0 Å². The summed E-state index contributed by atoms with van der Waals surface area (Å²) in [7, 11) is 1.57. The summed E-state index contributed by atoms with van der Waals surface area (Å²) in [5.41, 5.74) is 2.64. The fourth-order valence-electron chi connectivity index (χ4n) is 3.84. The van der Waals surface area contributed by atoms with Crippen LogP contribution in [0.25, 0.3) is 16.8 Å². The first-order valence-electron chi connectivity index (χ1n) is 11.0. The van der Waals surface area contributed by atoms with Crippen molar-refractivity contribution in [2.24, 2.45) is 0 Å². The first-order chi connectivity index (χ1) is 17.1. The maximum absolute atomic E-state index is 13.0. The van der Waals surface area contributed by atoms with E-state index in [1.807, 2.05) is 60.7 Å². The van der Waals surface area contributed by atoms with Gasteiger partial charge in [0, 0.05) is 12.4 Å². The Balaban J connectivity index is 1.31. The molecule has 4 aromatic rings. The molecular formula is C28H22N2O4S. The Morgan fingerprint density at radius 3 is 2.49 bits per heavy atom. The number of carbonyl (C=O) groups excluding carboxylic acids is 2. The predicted octanol–water partition coefficient (Wildman–Crippen LogP) is 6.06. The number of carbonyl (C=O) groups is 2. The minimum Gasteiger partial charge on any atom is -0.493 e. The highest BCUT2D eigenvalue weighted by Gasteiger charge is 2.35. The molecule has 1 aliphatic rings. The van der Waals surface area contributed by atoms with Crippen LogP contribution in [0.3, 0.4) is 0 Å². The van der Waals surface area contributed by atoms with Gasteiger partial charge in [0.25, 0.3) is 11.1 Å². The molecule has 0 atom stereocenters. The molecule has 7 heteroatoms. The van der Waals surface area contributed by atoms with Gasteiger partial charge in [-0.1, -0.05) is 42.5 Å². The van der Waals surface area contributed by atoms with Crippen LogP contribution in [-0.2, 0) is 17.9 Å². The van der Waals surface area contributed by atoms with E-state index in [4.69, 9.17) is 9.47 Å². The summed E-state index contributed by atoms with van der Waals surface area (Å²) in [5, 5.41) is 1.91. The van der Waals surface area contributed by atoms with Crippen LogP contribution in [0, 0.1) is 0 Å². The van der Waals surface area contributed by atoms with Crippen molar-refractivity contribution in [2.45, 2.75) is 13.2 Å². The molecule has 2 heterocycles. The third-order valence-electron chi connectivity index (χ3n) is 5.66. The van der Waals surface area contributed by atoms with E-state index in [9.17, 15) is 9.59 Å². The normalized spacial score (nSPS) is 14.7. The second-order valence-corrected chi connectivity index (χ2v) is 9.00. The summed E-state index contributed by atoms with van der Waals surface area (Å²) < 4.78 is 11.4. The van der Waals surface area contributed by atoms with Gasteiger partial charge in [0.2, 0.25) is 0 Å². The van der Waals surface area contributed by atoms with Gasteiger partial charge in [-0.25, -0.2) is 0 Å². The first-order valence-corrected chi connectivity index (χ1v) is 11.8. The first kappa shape index (κ1) is 22.7. The second kappa shape index (κ2) is 10.0. The van der Waals surface area contributed by atoms with Crippen LogP contribution in [0.1, 0.15) is 16.7 Å². The number of ether oxygens (including phenoxy) is 2. The van der Waals surface area contributed by atoms with Gasteiger partial charge < -0.3 is 9.47 Å². The van der Waals surface area contributed by atoms with Gasteiger partial charge in [-0.2, -0.15) is 0 Å². The predicted molar refractivity (Wildman–Crippen MR) is 137 cm³/mol. The van der Waals surface area contributed by atoms with Gasteiger partial charge in [-0.3, -0.25) is 19.5 Å². The van der Waals surface area contributed by atoms with Crippen molar-refractivity contribution in [1.29, 1.82) is 0 Å². The summed E-state index contributed by atoms with van der Waals surface area (Å²) in [5.74, 6) is 0.833. The number of rotatable bonds is 7. The molecule has 174 valence electrons. The zero-order valence-corrected chi connectivity index (χ0v) is 19.8. The van der Waals surface area contributed by atoms with Gasteiger partial charge in [0.05, 0.1) is 18.6 Å². The Kier molecular flexibility index (Phi) is 6.50. The molecule has 0 aliphatic carbocycles. The van der Waals surface area contributed by atoms with E-state index in [2.05, 4.69) is 4.98 Å². The van der Waals surface area contributed by atoms with E-state index in [-0.39, 0.29) is 17.7 Å². The van der Waals surface area contributed by atoms with Crippen LogP contribution in [-0.4, -0.2) is 28.1 Å². The van der Waals surface area contributed by atoms with E-state index in [0.29, 0.717) is 23.0 Å². The zero-order valence-electron chi connectivity index (χ0n) is 19.0. The van der Waals surface area contributed by atoms with Crippen molar-refractivity contribution in [3.8, 4) is 11.5 Å². The Labute approximate surface area is 207 Å². The molecule has 6 nitrogen and oxygen atoms in total. The Morgan fingerprint density at radius 2 is 1.69 bits per heavy atom. The average molecular weight is 483 g/mol. The average Bonchev–Trinajstić information content (AvgIpc) is 3.15. The summed E-state index contributed by atoms with van der Waals surface area (Å²) >= 11 is 0.945. The third kappa shape index (κ3) is 5.05. The number of pyridine rings is 1. The highest BCUT2D eigenvalue weighted by atomic mass is 32.2. The summed E-state index contributed by atoms with van der Waals surface area (Å²) in [4.78, 5) is 31.3. The quantitative estimate of drug-likeness (QED) is 0.298. The number of nitrogens with zero attached hydrogens (tertiary/aromatic N) is 2. The number of aromatic nitrogens is 1. The van der Waals surface area contributed by atoms with E-state index < -0.39 is 0 Å². The minimum absolute atomic E-state index is 0.234. The molecule has 0 spiro atoms. The Bertz CT molecular complexity index is 1440. The maximum atomic E-state index is 13.0. The van der Waals surface area contributed by atoms with Crippen LogP contribution >= 0.6 is 11.8 Å². The maximum Gasteiger partial charge on any atom is 0.293 e. The largest absolute Gasteiger partial charge is 0.493 e. The molecule has 0 N–H and O–H groups in total. The molecule has 1 saturated heterocycles. The number of hydrogen-bond acceptors (Lipinski definition) is 6. The van der Waals surface area contributed by atoms with Crippen molar-refractivity contribution in [1.82, 2.24) is 9.88 Å². The lowest BCUT2D eigenvalue weighted by atomic mass is 10.1. The smallest absolute Gasteiger partial charge is 0.293 e. The minimum atomic E-state index is -0.301. The van der Waals surface area contributed by atoms with Gasteiger partial charge in [0.1, 0.15) is 6.61 Å². The Morgan fingerprint density at radius 1 is 0.886 bits per heavy atom. The van der Waals surface area contributed by atoms with Crippen LogP contribution in [0.15, 0.2) is 90.1 Å². The topological polar surface area (TPSA) is 68.7 Å². The van der Waals surface area contributed by atoms with Crippen molar-refractivity contribution in [3.05, 3.63) is 107 Å². The van der Waals surface area contributed by atoms with Gasteiger partial charge in [0.15, 0.2) is 11.5 Å². The number of hydrogen-bond donors (Lipinski definition) is 0. The summed E-state index contributed by atoms with van der Waals surface area (Å²) in [6.45, 7) is 0.615. The summed E-state index contributed by atoms with van der Waals surface area (Å²) in [6, 6.07) is 23.2. The molecule has 1 aromatic heterocycles. The van der Waals surface area contributed by atoms with E-state index >= 15 is 0 Å². The fourth-order valence-corrected chi connectivity index (χ4v) is 4.68. The second-order valence-electron chi connectivity index (χ2n) is 8.00. The Hall–Kier alpha value is -4.10. The number of methoxy groups -OCH3 is 1. The van der Waals surface area contributed by atoms with E-state index in [1.165, 1.54) is 4.90 Å². The fraction of sp³-hybridized carbons (Fsp3) is 0.107. The molecule has 0 unspecified atom stereocenters. The van der Waals surface area contributed by atoms with Crippen molar-refractivity contribution < 1.29 is 19.1 Å². The molecular weight excluding hydrogens is 460 g/mol. The number of benzene rings is 3.